The van der Waals surface area contributed by atoms with Gasteiger partial charge in [-0.05, 0) is 87.4 Å². The highest BCUT2D eigenvalue weighted by Crippen LogP contribution is 2.58. The minimum Gasteiger partial charge on any atom is -0.278 e. The predicted molar refractivity (Wildman–Crippen MR) is 213 cm³/mol. The van der Waals surface area contributed by atoms with E-state index in [-0.39, 0.29) is 0 Å². The predicted octanol–water partition coefficient (Wildman–Crippen LogP) is 11.5. The van der Waals surface area contributed by atoms with Gasteiger partial charge in [0.15, 0.2) is 0 Å². The van der Waals surface area contributed by atoms with Gasteiger partial charge in [-0.25, -0.2) is 9.97 Å². The first-order chi connectivity index (χ1) is 25.8. The maximum absolute atomic E-state index is 5.41. The number of hydrogen-bond acceptors (Lipinski definition) is 2. The van der Waals surface area contributed by atoms with Crippen molar-refractivity contribution < 1.29 is 0 Å². The van der Waals surface area contributed by atoms with Gasteiger partial charge in [-0.15, -0.1) is 0 Å². The summed E-state index contributed by atoms with van der Waals surface area (Å²) in [5.74, 6) is 0.679. The molecule has 0 fully saturated rings. The summed E-state index contributed by atoms with van der Waals surface area (Å²) in [6.07, 6.45) is 12.8. The van der Waals surface area contributed by atoms with E-state index in [4.69, 9.17) is 9.97 Å². The average Bonchev–Trinajstić information content (AvgIpc) is 3.56. The summed E-state index contributed by atoms with van der Waals surface area (Å²) in [7, 11) is 0. The molecule has 1 atom stereocenters. The van der Waals surface area contributed by atoms with Crippen LogP contribution >= 0.6 is 0 Å². The van der Waals surface area contributed by atoms with E-state index in [1.807, 2.05) is 6.08 Å². The van der Waals surface area contributed by atoms with Crippen molar-refractivity contribution in [3.63, 3.8) is 0 Å². The van der Waals surface area contributed by atoms with Gasteiger partial charge in [0.2, 0.25) is 5.95 Å². The molecular formula is C49H31N3. The maximum atomic E-state index is 5.41. The molecule has 0 spiro atoms. The monoisotopic (exact) mass is 661 g/mol. The Balaban J connectivity index is 1.34. The second kappa shape index (κ2) is 11.1. The number of aryl methyl sites for hydroxylation is 1. The van der Waals surface area contributed by atoms with E-state index in [1.165, 1.54) is 49.5 Å². The lowest BCUT2D eigenvalue weighted by atomic mass is 9.58. The Morgan fingerprint density at radius 2 is 1.48 bits per heavy atom. The third-order valence-corrected chi connectivity index (χ3v) is 11.2. The summed E-state index contributed by atoms with van der Waals surface area (Å²) in [6, 6.07) is 48.1. The highest BCUT2D eigenvalue weighted by molar-refractivity contribution is 6.10. The lowest BCUT2D eigenvalue weighted by Crippen LogP contribution is -2.34. The minimum atomic E-state index is -0.664. The van der Waals surface area contributed by atoms with Gasteiger partial charge in [0.1, 0.15) is 0 Å². The number of benzene rings is 6. The van der Waals surface area contributed by atoms with E-state index in [2.05, 4.69) is 174 Å². The Morgan fingerprint density at radius 3 is 2.33 bits per heavy atom. The topological polar surface area (TPSA) is 30.7 Å². The molecule has 0 aliphatic heterocycles. The van der Waals surface area contributed by atoms with E-state index in [1.54, 1.807) is 0 Å². The van der Waals surface area contributed by atoms with Gasteiger partial charge in [0, 0.05) is 21.9 Å². The van der Waals surface area contributed by atoms with Gasteiger partial charge in [-0.1, -0.05) is 145 Å². The molecule has 6 aromatic carbocycles. The first kappa shape index (κ1) is 29.0. The number of allylic oxidation sites excluding steroid dienone is 5. The number of fused-ring (bicyclic) bond motifs is 7. The van der Waals surface area contributed by atoms with Crippen LogP contribution in [0.1, 0.15) is 34.4 Å². The van der Waals surface area contributed by atoms with Gasteiger partial charge < -0.3 is 0 Å². The lowest BCUT2D eigenvalue weighted by Gasteiger charge is -2.42. The van der Waals surface area contributed by atoms with Crippen LogP contribution in [0.2, 0.25) is 0 Å². The first-order valence-electron chi connectivity index (χ1n) is 18.0. The third kappa shape index (κ3) is 3.92. The van der Waals surface area contributed by atoms with E-state index in [0.29, 0.717) is 5.95 Å². The second-order valence-corrected chi connectivity index (χ2v) is 13.8. The highest BCUT2D eigenvalue weighted by atomic mass is 15.2. The molecule has 3 heteroatoms. The fourth-order valence-electron chi connectivity index (χ4n) is 9.15. The average molecular weight is 662 g/mol. The van der Waals surface area contributed by atoms with Crippen LogP contribution < -0.4 is 0 Å². The van der Waals surface area contributed by atoms with Crippen LogP contribution in [0.4, 0.5) is 0 Å². The number of rotatable bonds is 4. The highest BCUT2D eigenvalue weighted by Gasteiger charge is 2.47. The quantitative estimate of drug-likeness (QED) is 0.176. The molecule has 0 N–H and O–H groups in total. The van der Waals surface area contributed by atoms with Crippen LogP contribution in [-0.4, -0.2) is 14.5 Å². The van der Waals surface area contributed by atoms with Crippen molar-refractivity contribution >= 4 is 38.7 Å². The van der Waals surface area contributed by atoms with Crippen LogP contribution in [0.15, 0.2) is 175 Å². The summed E-state index contributed by atoms with van der Waals surface area (Å²) in [4.78, 5) is 10.7. The molecule has 3 nitrogen and oxygen atoms in total. The van der Waals surface area contributed by atoms with Gasteiger partial charge >= 0.3 is 0 Å². The smallest absolute Gasteiger partial charge is 0.235 e. The molecule has 0 saturated carbocycles. The molecule has 242 valence electrons. The summed E-state index contributed by atoms with van der Waals surface area (Å²) < 4.78 is 2.32. The number of hydrogen-bond donors (Lipinski definition) is 0. The summed E-state index contributed by atoms with van der Waals surface area (Å²) in [5.41, 5.74) is 20.2. The van der Waals surface area contributed by atoms with Crippen molar-refractivity contribution in [3.8, 4) is 28.3 Å². The number of para-hydroxylation sites is 1. The minimum absolute atomic E-state index is 0.664. The standard InChI is InChI=1S/C49H31N3/c1-4-16-33(17-5-1)47-38-24-10-12-28-41(38)50-48(51-47)52-42-29-13-11-25-39(42)45-43(52)31-30-37-36-26-14-18-32-19-15-27-40(44(32)36)49(46(37)45,34-20-6-2-7-21-34)35-22-8-3-9-23-35/h1-8,10,12-22,24,26-31H,11,25H2. The maximum Gasteiger partial charge on any atom is 0.235 e. The van der Waals surface area contributed by atoms with Gasteiger partial charge in [-0.2, -0.15) is 0 Å². The Labute approximate surface area is 301 Å². The van der Waals surface area contributed by atoms with Crippen molar-refractivity contribution in [2.75, 3.05) is 0 Å². The van der Waals surface area contributed by atoms with Gasteiger partial charge in [0.05, 0.1) is 27.8 Å². The van der Waals surface area contributed by atoms with Crippen molar-refractivity contribution in [1.29, 1.82) is 0 Å². The van der Waals surface area contributed by atoms with E-state index >= 15 is 0 Å². The fourth-order valence-corrected chi connectivity index (χ4v) is 9.15. The molecule has 11 rings (SSSR count). The van der Waals surface area contributed by atoms with Crippen molar-refractivity contribution in [1.82, 2.24) is 14.5 Å². The molecule has 8 aromatic rings. The van der Waals surface area contributed by atoms with Crippen molar-refractivity contribution in [2.24, 2.45) is 0 Å². The largest absolute Gasteiger partial charge is 0.278 e. The van der Waals surface area contributed by atoms with Crippen molar-refractivity contribution in [3.05, 3.63) is 203 Å². The molecule has 0 bridgehead atoms. The zero-order valence-corrected chi connectivity index (χ0v) is 28.3. The molecule has 2 heterocycles. The molecule has 2 aromatic heterocycles. The lowest BCUT2D eigenvalue weighted by molar-refractivity contribution is 0.756. The Hall–Kier alpha value is -6.76. The molecule has 52 heavy (non-hydrogen) atoms. The van der Waals surface area contributed by atoms with Gasteiger partial charge in [-0.3, -0.25) is 4.57 Å². The molecule has 0 saturated heterocycles. The Bertz CT molecular complexity index is 2960. The molecule has 0 amide bonds. The SMILES string of the molecule is C1=C=C(C2(c3ccccc3)c3cccc4cccc(c34)-c3ccc4c(c5c(n4-c4nc(-c6ccccc6)c6ccccc6n4)C=CCC5)c32)C=CC=1. The van der Waals surface area contributed by atoms with Crippen LogP contribution in [0.5, 0.6) is 0 Å². The summed E-state index contributed by atoms with van der Waals surface area (Å²) in [5, 5.41) is 4.83. The normalized spacial score (nSPS) is 16.7. The van der Waals surface area contributed by atoms with Crippen LogP contribution in [-0.2, 0) is 11.8 Å². The molecule has 3 aliphatic carbocycles. The second-order valence-electron chi connectivity index (χ2n) is 13.8. The van der Waals surface area contributed by atoms with Crippen LogP contribution in [0, 0.1) is 0 Å². The molecule has 1 unspecified atom stereocenters. The molecular weight excluding hydrogens is 631 g/mol. The zero-order chi connectivity index (χ0) is 34.2. The first-order valence-corrected chi connectivity index (χ1v) is 18.0. The Morgan fingerprint density at radius 1 is 0.673 bits per heavy atom. The van der Waals surface area contributed by atoms with Crippen molar-refractivity contribution in [2.45, 2.75) is 18.3 Å². The van der Waals surface area contributed by atoms with E-state index in [0.717, 1.165) is 51.8 Å². The van der Waals surface area contributed by atoms with E-state index in [9.17, 15) is 0 Å². The molecule has 0 radical (unpaired) electrons. The zero-order valence-electron chi connectivity index (χ0n) is 28.3. The van der Waals surface area contributed by atoms with Crippen LogP contribution in [0.3, 0.4) is 0 Å². The van der Waals surface area contributed by atoms with Gasteiger partial charge in [0.25, 0.3) is 0 Å². The van der Waals surface area contributed by atoms with E-state index < -0.39 is 5.41 Å². The summed E-state index contributed by atoms with van der Waals surface area (Å²) >= 11 is 0. The van der Waals surface area contributed by atoms with Crippen LogP contribution in [0.25, 0.3) is 67.0 Å². The third-order valence-electron chi connectivity index (χ3n) is 11.2. The Kier molecular flexibility index (Phi) is 6.21. The number of nitrogens with zero attached hydrogens (tertiary/aromatic N) is 3. The fraction of sp³-hybridized carbons (Fsp3) is 0.0612. The molecule has 3 aliphatic rings. The number of aromatic nitrogens is 3. The summed E-state index contributed by atoms with van der Waals surface area (Å²) in [6.45, 7) is 0.